The van der Waals surface area contributed by atoms with E-state index in [-0.39, 0.29) is 10.9 Å². The zero-order valence-electron chi connectivity index (χ0n) is 15.6. The fourth-order valence-corrected chi connectivity index (χ4v) is 4.92. The number of nitrogens with one attached hydrogen (secondary N) is 1. The molecule has 1 fully saturated rings. The standard InChI is InChI=1S/C21H24N2O3S/c1-16-6-8-20(9-7-16)27(24,25)23-18-10-12-21(15-22,13-11-18)17-4-3-5-19(14-17)26-2/h3-9,14,18,23H,10-13H2,1-2H3/t18-,21+. The van der Waals surface area contributed by atoms with Gasteiger partial charge in [-0.3, -0.25) is 0 Å². The lowest BCUT2D eigenvalue weighted by Crippen LogP contribution is -2.41. The van der Waals surface area contributed by atoms with Gasteiger partial charge in [0.05, 0.1) is 23.5 Å². The van der Waals surface area contributed by atoms with Crippen LogP contribution in [0.4, 0.5) is 0 Å². The first kappa shape index (κ1) is 19.4. The number of ether oxygens (including phenoxy) is 1. The first-order chi connectivity index (χ1) is 12.9. The normalized spacial score (nSPS) is 22.8. The molecule has 142 valence electrons. The number of sulfonamides is 1. The van der Waals surface area contributed by atoms with Crippen LogP contribution >= 0.6 is 0 Å². The summed E-state index contributed by atoms with van der Waals surface area (Å²) >= 11 is 0. The molecule has 27 heavy (non-hydrogen) atoms. The molecular weight excluding hydrogens is 360 g/mol. The Morgan fingerprint density at radius 3 is 2.41 bits per heavy atom. The SMILES string of the molecule is COc1cccc([C@]2(C#N)CC[C@H](NS(=O)(=O)c3ccc(C)cc3)CC2)c1. The van der Waals surface area contributed by atoms with Gasteiger partial charge < -0.3 is 4.74 Å². The van der Waals surface area contributed by atoms with Crippen molar-refractivity contribution in [3.05, 3.63) is 59.7 Å². The van der Waals surface area contributed by atoms with Crippen LogP contribution in [0, 0.1) is 18.3 Å². The van der Waals surface area contributed by atoms with Gasteiger partial charge in [0.2, 0.25) is 10.0 Å². The average Bonchev–Trinajstić information content (AvgIpc) is 2.69. The summed E-state index contributed by atoms with van der Waals surface area (Å²) in [5.41, 5.74) is 1.35. The fourth-order valence-electron chi connectivity index (χ4n) is 3.62. The van der Waals surface area contributed by atoms with Gasteiger partial charge >= 0.3 is 0 Å². The molecule has 3 rings (SSSR count). The molecule has 0 amide bonds. The number of nitrogens with zero attached hydrogens (tertiary/aromatic N) is 1. The summed E-state index contributed by atoms with van der Waals surface area (Å²) in [6.07, 6.45) is 2.46. The van der Waals surface area contributed by atoms with Gasteiger partial charge in [-0.05, 0) is 62.4 Å². The summed E-state index contributed by atoms with van der Waals surface area (Å²) < 4.78 is 33.3. The van der Waals surface area contributed by atoms with Gasteiger partial charge in [0.25, 0.3) is 0 Å². The van der Waals surface area contributed by atoms with Gasteiger partial charge in [-0.15, -0.1) is 0 Å². The summed E-state index contributed by atoms with van der Waals surface area (Å²) in [7, 11) is -1.94. The van der Waals surface area contributed by atoms with Gasteiger partial charge in [-0.25, -0.2) is 13.1 Å². The number of benzene rings is 2. The first-order valence-electron chi connectivity index (χ1n) is 9.03. The molecule has 6 heteroatoms. The van der Waals surface area contributed by atoms with Gasteiger partial charge in [-0.2, -0.15) is 5.26 Å². The average molecular weight is 385 g/mol. The zero-order valence-corrected chi connectivity index (χ0v) is 16.4. The molecule has 0 atom stereocenters. The third kappa shape index (κ3) is 4.15. The Morgan fingerprint density at radius 1 is 1.15 bits per heavy atom. The molecule has 0 aromatic heterocycles. The van der Waals surface area contributed by atoms with E-state index in [0.29, 0.717) is 25.7 Å². The first-order valence-corrected chi connectivity index (χ1v) is 10.5. The third-order valence-corrected chi connectivity index (χ3v) is 6.86. The van der Waals surface area contributed by atoms with Crippen LogP contribution in [-0.4, -0.2) is 21.6 Å². The van der Waals surface area contributed by atoms with E-state index in [1.165, 1.54) is 0 Å². The maximum atomic E-state index is 12.6. The monoisotopic (exact) mass is 384 g/mol. The molecule has 0 heterocycles. The largest absolute Gasteiger partial charge is 0.497 e. The Hall–Kier alpha value is -2.36. The highest BCUT2D eigenvalue weighted by Gasteiger charge is 2.38. The van der Waals surface area contributed by atoms with Gasteiger partial charge in [-0.1, -0.05) is 29.8 Å². The van der Waals surface area contributed by atoms with E-state index in [4.69, 9.17) is 4.74 Å². The molecule has 1 aliphatic carbocycles. The van der Waals surface area contributed by atoms with E-state index in [9.17, 15) is 13.7 Å². The van der Waals surface area contributed by atoms with Crippen molar-refractivity contribution in [2.24, 2.45) is 0 Å². The molecule has 0 unspecified atom stereocenters. The third-order valence-electron chi connectivity index (χ3n) is 5.33. The van der Waals surface area contributed by atoms with Crippen molar-refractivity contribution in [2.45, 2.75) is 49.0 Å². The van der Waals surface area contributed by atoms with Crippen molar-refractivity contribution in [3.8, 4) is 11.8 Å². The Kier molecular flexibility index (Phi) is 5.54. The highest BCUT2D eigenvalue weighted by Crippen LogP contribution is 2.40. The molecule has 2 aromatic carbocycles. The Balaban J connectivity index is 1.72. The van der Waals surface area contributed by atoms with Crippen molar-refractivity contribution < 1.29 is 13.2 Å². The second-order valence-electron chi connectivity index (χ2n) is 7.13. The molecule has 0 radical (unpaired) electrons. The molecule has 0 saturated heterocycles. The summed E-state index contributed by atoms with van der Waals surface area (Å²) in [5, 5.41) is 9.85. The van der Waals surface area contributed by atoms with Crippen LogP contribution < -0.4 is 9.46 Å². The predicted molar refractivity (Wildman–Crippen MR) is 104 cm³/mol. The Labute approximate surface area is 161 Å². The Bertz CT molecular complexity index is 938. The molecule has 1 aliphatic rings. The lowest BCUT2D eigenvalue weighted by atomic mass is 9.69. The number of hydrogen-bond acceptors (Lipinski definition) is 4. The van der Waals surface area contributed by atoms with Crippen LogP contribution in [0.15, 0.2) is 53.4 Å². The lowest BCUT2D eigenvalue weighted by Gasteiger charge is -2.35. The van der Waals surface area contributed by atoms with Crippen LogP contribution in [0.5, 0.6) is 5.75 Å². The molecule has 5 nitrogen and oxygen atoms in total. The lowest BCUT2D eigenvalue weighted by molar-refractivity contribution is 0.316. The van der Waals surface area contributed by atoms with Crippen molar-refractivity contribution in [2.75, 3.05) is 7.11 Å². The molecule has 0 bridgehead atoms. The number of methoxy groups -OCH3 is 1. The molecule has 0 spiro atoms. The summed E-state index contributed by atoms with van der Waals surface area (Å²) in [6, 6.07) is 16.7. The fraction of sp³-hybridized carbons (Fsp3) is 0.381. The minimum Gasteiger partial charge on any atom is -0.497 e. The van der Waals surface area contributed by atoms with Crippen molar-refractivity contribution in [1.29, 1.82) is 5.26 Å². The van der Waals surface area contributed by atoms with E-state index in [0.717, 1.165) is 16.9 Å². The highest BCUT2D eigenvalue weighted by atomic mass is 32.2. The zero-order chi connectivity index (χ0) is 19.5. The molecule has 2 aromatic rings. The van der Waals surface area contributed by atoms with Crippen molar-refractivity contribution in [3.63, 3.8) is 0 Å². The summed E-state index contributed by atoms with van der Waals surface area (Å²) in [6.45, 7) is 1.92. The second kappa shape index (κ2) is 7.71. The van der Waals surface area contributed by atoms with Gasteiger partial charge in [0, 0.05) is 6.04 Å². The van der Waals surface area contributed by atoms with Crippen LogP contribution in [0.2, 0.25) is 0 Å². The van der Waals surface area contributed by atoms with E-state index in [1.807, 2.05) is 31.2 Å². The van der Waals surface area contributed by atoms with E-state index >= 15 is 0 Å². The number of rotatable bonds is 5. The van der Waals surface area contributed by atoms with E-state index in [2.05, 4.69) is 10.8 Å². The Morgan fingerprint density at radius 2 is 1.81 bits per heavy atom. The van der Waals surface area contributed by atoms with Crippen LogP contribution in [0.3, 0.4) is 0 Å². The topological polar surface area (TPSA) is 79.2 Å². The number of nitriles is 1. The van der Waals surface area contributed by atoms with Gasteiger partial charge in [0.1, 0.15) is 5.75 Å². The van der Waals surface area contributed by atoms with Crippen LogP contribution in [0.1, 0.15) is 36.8 Å². The molecule has 1 N–H and O–H groups in total. The smallest absolute Gasteiger partial charge is 0.240 e. The number of aryl methyl sites for hydroxylation is 1. The second-order valence-corrected chi connectivity index (χ2v) is 8.85. The van der Waals surface area contributed by atoms with Crippen LogP contribution in [0.25, 0.3) is 0 Å². The highest BCUT2D eigenvalue weighted by molar-refractivity contribution is 7.89. The van der Waals surface area contributed by atoms with Crippen molar-refractivity contribution in [1.82, 2.24) is 4.72 Å². The summed E-state index contributed by atoms with van der Waals surface area (Å²) in [5.74, 6) is 0.726. The van der Waals surface area contributed by atoms with Crippen LogP contribution in [-0.2, 0) is 15.4 Å². The van der Waals surface area contributed by atoms with E-state index < -0.39 is 15.4 Å². The van der Waals surface area contributed by atoms with E-state index in [1.54, 1.807) is 31.4 Å². The maximum absolute atomic E-state index is 12.6. The maximum Gasteiger partial charge on any atom is 0.240 e. The minimum atomic E-state index is -3.55. The minimum absolute atomic E-state index is 0.164. The molecule has 1 saturated carbocycles. The number of hydrogen-bond donors (Lipinski definition) is 1. The predicted octanol–water partition coefficient (Wildman–Crippen LogP) is 3.69. The summed E-state index contributed by atoms with van der Waals surface area (Å²) in [4.78, 5) is 0.276. The quantitative estimate of drug-likeness (QED) is 0.853. The molecule has 0 aliphatic heterocycles. The van der Waals surface area contributed by atoms with Gasteiger partial charge in [0.15, 0.2) is 0 Å². The van der Waals surface area contributed by atoms with Crippen molar-refractivity contribution >= 4 is 10.0 Å². The molecular formula is C21H24N2O3S.